The minimum atomic E-state index is -0.357. The number of amides is 1. The van der Waals surface area contributed by atoms with Gasteiger partial charge in [0.25, 0.3) is 5.91 Å². The number of carbonyl (C=O) groups excluding carboxylic acids is 1. The van der Waals surface area contributed by atoms with Crippen LogP contribution in [-0.2, 0) is 4.74 Å². The Balaban J connectivity index is 0.00000261. The van der Waals surface area contributed by atoms with E-state index in [0.717, 1.165) is 25.9 Å². The second-order valence-electron chi connectivity index (χ2n) is 5.98. The van der Waals surface area contributed by atoms with Crippen molar-refractivity contribution >= 4 is 35.6 Å². The zero-order valence-electron chi connectivity index (χ0n) is 15.0. The third kappa shape index (κ3) is 5.55. The van der Waals surface area contributed by atoms with Gasteiger partial charge in [-0.05, 0) is 38.1 Å². The number of anilines is 1. The van der Waals surface area contributed by atoms with Gasteiger partial charge < -0.3 is 20.1 Å². The van der Waals surface area contributed by atoms with Crippen LogP contribution >= 0.6 is 24.0 Å². The summed E-state index contributed by atoms with van der Waals surface area (Å²) in [6, 6.07) is 5.44. The topological polar surface area (TPSA) is 90.3 Å². The van der Waals surface area contributed by atoms with E-state index in [1.165, 1.54) is 0 Å². The Morgan fingerprint density at radius 3 is 2.89 bits per heavy atom. The fraction of sp³-hybridized carbons (Fsp3) is 0.471. The lowest BCUT2D eigenvalue weighted by atomic mass is 10.1. The fourth-order valence-electron chi connectivity index (χ4n) is 2.80. The van der Waals surface area contributed by atoms with E-state index in [-0.39, 0.29) is 30.0 Å². The van der Waals surface area contributed by atoms with Gasteiger partial charge in [0.2, 0.25) is 0 Å². The Bertz CT molecular complexity index is 750. The van der Waals surface area contributed by atoms with Gasteiger partial charge in [-0.2, -0.15) is 0 Å². The molecule has 1 amide bonds. The molecule has 1 aliphatic rings. The van der Waals surface area contributed by atoms with E-state index in [0.29, 0.717) is 29.7 Å². The van der Waals surface area contributed by atoms with Crippen molar-refractivity contribution in [1.82, 2.24) is 20.3 Å². The molecule has 1 saturated heterocycles. The maximum atomic E-state index is 12.5. The molecule has 0 radical (unpaired) electrons. The van der Waals surface area contributed by atoms with Gasteiger partial charge in [0, 0.05) is 7.11 Å². The van der Waals surface area contributed by atoms with Crippen LogP contribution in [0.5, 0.6) is 5.75 Å². The first-order chi connectivity index (χ1) is 12.7. The number of hydrogen-bond donors (Lipinski definition) is 2. The molecule has 2 N–H and O–H groups in total. The highest BCUT2D eigenvalue weighted by molar-refractivity contribution is 6.32. The van der Waals surface area contributed by atoms with Crippen LogP contribution in [0.15, 0.2) is 24.4 Å². The first-order valence-electron chi connectivity index (χ1n) is 8.53. The summed E-state index contributed by atoms with van der Waals surface area (Å²) in [5.74, 6) is 0.0503. The molecule has 2 aromatic rings. The number of rotatable bonds is 7. The van der Waals surface area contributed by atoms with Gasteiger partial charge in [-0.3, -0.25) is 4.79 Å². The summed E-state index contributed by atoms with van der Waals surface area (Å²) < 4.78 is 12.4. The molecule has 1 aromatic heterocycles. The summed E-state index contributed by atoms with van der Waals surface area (Å²) in [5.41, 5.74) is 0.737. The summed E-state index contributed by atoms with van der Waals surface area (Å²) in [7, 11) is 1.59. The number of piperidine rings is 1. The summed E-state index contributed by atoms with van der Waals surface area (Å²) in [4.78, 5) is 12.5. The third-order valence-corrected chi connectivity index (χ3v) is 4.47. The normalized spacial score (nSPS) is 14.4. The molecule has 0 atom stereocenters. The molecule has 0 saturated carbocycles. The quantitative estimate of drug-likeness (QED) is 0.675. The van der Waals surface area contributed by atoms with E-state index in [4.69, 9.17) is 21.1 Å². The van der Waals surface area contributed by atoms with Crippen LogP contribution in [0.3, 0.4) is 0 Å². The summed E-state index contributed by atoms with van der Waals surface area (Å²) in [6.07, 6.45) is 3.62. The SMILES string of the molecule is COCCOc1c(Cl)cccc1NC(=O)c1cn(C2CCNCC2)nn1.Cl. The van der Waals surface area contributed by atoms with E-state index in [9.17, 15) is 4.79 Å². The lowest BCUT2D eigenvalue weighted by Gasteiger charge is -2.22. The lowest BCUT2D eigenvalue weighted by molar-refractivity contribution is 0.102. The highest BCUT2D eigenvalue weighted by atomic mass is 35.5. The smallest absolute Gasteiger partial charge is 0.277 e. The lowest BCUT2D eigenvalue weighted by Crippen LogP contribution is -2.29. The molecule has 1 aliphatic heterocycles. The number of carbonyl (C=O) groups is 1. The number of ether oxygens (including phenoxy) is 2. The van der Waals surface area contributed by atoms with Crippen molar-refractivity contribution in [2.24, 2.45) is 0 Å². The monoisotopic (exact) mass is 415 g/mol. The summed E-state index contributed by atoms with van der Waals surface area (Å²) in [6.45, 7) is 2.63. The van der Waals surface area contributed by atoms with Crippen molar-refractivity contribution in [1.29, 1.82) is 0 Å². The van der Waals surface area contributed by atoms with Gasteiger partial charge in [0.15, 0.2) is 11.4 Å². The van der Waals surface area contributed by atoms with Gasteiger partial charge in [-0.25, -0.2) is 4.68 Å². The predicted molar refractivity (Wildman–Crippen MR) is 105 cm³/mol. The molecule has 1 aromatic carbocycles. The van der Waals surface area contributed by atoms with Crippen molar-refractivity contribution in [3.8, 4) is 5.75 Å². The maximum Gasteiger partial charge on any atom is 0.277 e. The van der Waals surface area contributed by atoms with Gasteiger partial charge in [0.05, 0.1) is 29.6 Å². The average molecular weight is 416 g/mol. The number of aromatic nitrogens is 3. The van der Waals surface area contributed by atoms with E-state index < -0.39 is 0 Å². The Morgan fingerprint density at radius 1 is 1.37 bits per heavy atom. The summed E-state index contributed by atoms with van der Waals surface area (Å²) in [5, 5.41) is 14.6. The second-order valence-corrected chi connectivity index (χ2v) is 6.38. The molecule has 148 valence electrons. The van der Waals surface area contributed by atoms with Gasteiger partial charge in [0.1, 0.15) is 6.61 Å². The minimum absolute atomic E-state index is 0. The highest BCUT2D eigenvalue weighted by Gasteiger charge is 2.20. The second kappa shape index (κ2) is 10.5. The van der Waals surface area contributed by atoms with Gasteiger partial charge in [-0.1, -0.05) is 22.9 Å². The molecule has 10 heteroatoms. The van der Waals surface area contributed by atoms with Crippen LogP contribution in [0.2, 0.25) is 5.02 Å². The van der Waals surface area contributed by atoms with Crippen LogP contribution in [0.4, 0.5) is 5.69 Å². The molecule has 3 rings (SSSR count). The molecule has 1 fully saturated rings. The van der Waals surface area contributed by atoms with E-state index >= 15 is 0 Å². The summed E-state index contributed by atoms with van der Waals surface area (Å²) >= 11 is 6.19. The Labute approximate surface area is 169 Å². The standard InChI is InChI=1S/C17H22ClN5O3.ClH/c1-25-9-10-26-16-13(18)3-2-4-14(16)20-17(24)15-11-23(22-21-15)12-5-7-19-8-6-12;/h2-4,11-12,19H,5-10H2,1H3,(H,20,24);1H. The Morgan fingerprint density at radius 2 is 2.15 bits per heavy atom. The number of nitrogens with zero attached hydrogens (tertiary/aromatic N) is 3. The first-order valence-corrected chi connectivity index (χ1v) is 8.91. The minimum Gasteiger partial charge on any atom is -0.487 e. The number of methoxy groups -OCH3 is 1. The molecule has 0 bridgehead atoms. The van der Waals surface area contributed by atoms with Crippen LogP contribution in [0.25, 0.3) is 0 Å². The van der Waals surface area contributed by atoms with Crippen molar-refractivity contribution in [2.45, 2.75) is 18.9 Å². The van der Waals surface area contributed by atoms with E-state index in [1.54, 1.807) is 36.2 Å². The van der Waals surface area contributed by atoms with Crippen molar-refractivity contribution in [2.75, 3.05) is 38.7 Å². The zero-order chi connectivity index (χ0) is 18.4. The molecule has 8 nitrogen and oxygen atoms in total. The maximum absolute atomic E-state index is 12.5. The van der Waals surface area contributed by atoms with Crippen LogP contribution < -0.4 is 15.4 Å². The Kier molecular flexibility index (Phi) is 8.30. The van der Waals surface area contributed by atoms with Gasteiger partial charge >= 0.3 is 0 Å². The number of hydrogen-bond acceptors (Lipinski definition) is 6. The third-order valence-electron chi connectivity index (χ3n) is 4.17. The molecular weight excluding hydrogens is 393 g/mol. The van der Waals surface area contributed by atoms with Crippen molar-refractivity contribution < 1.29 is 14.3 Å². The molecule has 2 heterocycles. The van der Waals surface area contributed by atoms with Crippen molar-refractivity contribution in [3.63, 3.8) is 0 Å². The number of nitrogens with one attached hydrogen (secondary N) is 2. The van der Waals surface area contributed by atoms with Gasteiger partial charge in [-0.15, -0.1) is 17.5 Å². The number of benzene rings is 1. The zero-order valence-corrected chi connectivity index (χ0v) is 16.6. The number of para-hydroxylation sites is 1. The van der Waals surface area contributed by atoms with Crippen LogP contribution in [-0.4, -0.2) is 54.3 Å². The molecular formula is C17H23Cl2N5O3. The molecule has 27 heavy (non-hydrogen) atoms. The molecule has 0 aliphatic carbocycles. The van der Waals surface area contributed by atoms with E-state index in [2.05, 4.69) is 20.9 Å². The predicted octanol–water partition coefficient (Wildman–Crippen LogP) is 2.56. The Hall–Kier alpha value is -1.87. The largest absolute Gasteiger partial charge is 0.487 e. The van der Waals surface area contributed by atoms with Crippen LogP contribution in [0.1, 0.15) is 29.4 Å². The molecule has 0 spiro atoms. The fourth-order valence-corrected chi connectivity index (χ4v) is 3.03. The molecule has 0 unspecified atom stereocenters. The average Bonchev–Trinajstić information content (AvgIpc) is 3.15. The number of halogens is 2. The first kappa shape index (κ1) is 21.4. The van der Waals surface area contributed by atoms with Crippen LogP contribution in [0, 0.1) is 0 Å². The van der Waals surface area contributed by atoms with Crippen molar-refractivity contribution in [3.05, 3.63) is 35.1 Å². The van der Waals surface area contributed by atoms with E-state index in [1.807, 2.05) is 0 Å². The highest BCUT2D eigenvalue weighted by Crippen LogP contribution is 2.33.